The molecule has 25 heavy (non-hydrogen) atoms. The minimum Gasteiger partial charge on any atom is -0.466 e. The van der Waals surface area contributed by atoms with Crippen LogP contribution in [0.5, 0.6) is 0 Å². The van der Waals surface area contributed by atoms with Gasteiger partial charge in [0.05, 0.1) is 30.8 Å². The van der Waals surface area contributed by atoms with Gasteiger partial charge >= 0.3 is 5.97 Å². The number of carbonyl (C=O) groups is 2. The van der Waals surface area contributed by atoms with Gasteiger partial charge in [-0.3, -0.25) is 19.5 Å². The molecule has 132 valence electrons. The minimum atomic E-state index is -0.373. The first-order valence-electron chi connectivity index (χ1n) is 8.41. The maximum atomic E-state index is 12.7. The average Bonchev–Trinajstić information content (AvgIpc) is 2.97. The summed E-state index contributed by atoms with van der Waals surface area (Å²) in [6.07, 6.45) is 0.762. The zero-order chi connectivity index (χ0) is 17.8. The number of nitrogens with one attached hydrogen (secondary N) is 1. The van der Waals surface area contributed by atoms with Crippen LogP contribution in [0.2, 0.25) is 0 Å². The number of H-pyrrole nitrogens is 1. The van der Waals surface area contributed by atoms with E-state index in [9.17, 15) is 14.4 Å². The molecule has 1 aliphatic heterocycles. The molecule has 3 rings (SSSR count). The fraction of sp³-hybridized carbons (Fsp3) is 0.389. The number of fused-ring (bicyclic) bond motifs is 1. The molecule has 0 saturated heterocycles. The first kappa shape index (κ1) is 17.0. The average molecular weight is 343 g/mol. The molecule has 0 radical (unpaired) electrons. The molecule has 2 aromatic rings. The van der Waals surface area contributed by atoms with Crippen molar-refractivity contribution in [2.24, 2.45) is 0 Å². The smallest absolute Gasteiger partial charge is 0.306 e. The van der Waals surface area contributed by atoms with Crippen LogP contribution in [0.3, 0.4) is 0 Å². The van der Waals surface area contributed by atoms with Crippen LogP contribution >= 0.6 is 0 Å². The van der Waals surface area contributed by atoms with Crippen LogP contribution in [0.15, 0.2) is 35.1 Å². The summed E-state index contributed by atoms with van der Waals surface area (Å²) in [5, 5.41) is 3.14. The van der Waals surface area contributed by atoms with Gasteiger partial charge in [-0.1, -0.05) is 18.2 Å². The van der Waals surface area contributed by atoms with E-state index in [2.05, 4.69) is 5.10 Å². The van der Waals surface area contributed by atoms with Gasteiger partial charge < -0.3 is 9.64 Å². The number of aromatic amines is 1. The summed E-state index contributed by atoms with van der Waals surface area (Å²) in [6.45, 7) is 2.84. The highest BCUT2D eigenvalue weighted by Crippen LogP contribution is 2.17. The van der Waals surface area contributed by atoms with E-state index in [4.69, 9.17) is 4.74 Å². The molecule has 2 heterocycles. The molecule has 1 amide bonds. The predicted octanol–water partition coefficient (Wildman–Crippen LogP) is 1.39. The summed E-state index contributed by atoms with van der Waals surface area (Å²) in [7, 11) is 0. The van der Waals surface area contributed by atoms with Gasteiger partial charge in [0.1, 0.15) is 0 Å². The Morgan fingerprint density at radius 2 is 1.96 bits per heavy atom. The molecule has 0 atom stereocenters. The molecule has 1 aromatic heterocycles. The number of carbonyl (C=O) groups excluding carboxylic acids is 2. The maximum absolute atomic E-state index is 12.7. The Morgan fingerprint density at radius 3 is 2.68 bits per heavy atom. The third-order valence-corrected chi connectivity index (χ3v) is 4.27. The van der Waals surface area contributed by atoms with Crippen LogP contribution in [0, 0.1) is 0 Å². The summed E-state index contributed by atoms with van der Waals surface area (Å²) in [6, 6.07) is 9.33. The van der Waals surface area contributed by atoms with Crippen LogP contribution < -0.4 is 5.56 Å². The summed E-state index contributed by atoms with van der Waals surface area (Å²) in [5.41, 5.74) is 2.11. The van der Waals surface area contributed by atoms with Crippen LogP contribution in [-0.2, 0) is 27.3 Å². The number of rotatable bonds is 5. The minimum absolute atomic E-state index is 0.0669. The lowest BCUT2D eigenvalue weighted by Gasteiger charge is -2.26. The van der Waals surface area contributed by atoms with E-state index in [1.165, 1.54) is 4.68 Å². The van der Waals surface area contributed by atoms with E-state index >= 15 is 0 Å². The van der Waals surface area contributed by atoms with E-state index in [-0.39, 0.29) is 36.8 Å². The summed E-state index contributed by atoms with van der Waals surface area (Å²) < 4.78 is 6.35. The number of para-hydroxylation sites is 1. The van der Waals surface area contributed by atoms with Crippen molar-refractivity contribution < 1.29 is 14.3 Å². The van der Waals surface area contributed by atoms with Crippen molar-refractivity contribution in [1.82, 2.24) is 14.7 Å². The van der Waals surface area contributed by atoms with Crippen LogP contribution in [0.4, 0.5) is 0 Å². The first-order chi connectivity index (χ1) is 12.1. The fourth-order valence-corrected chi connectivity index (χ4v) is 2.98. The second kappa shape index (κ2) is 7.38. The third kappa shape index (κ3) is 3.65. The van der Waals surface area contributed by atoms with E-state index in [0.29, 0.717) is 25.1 Å². The first-order valence-corrected chi connectivity index (χ1v) is 8.41. The summed E-state index contributed by atoms with van der Waals surface area (Å²) in [5.74, 6) is -0.507. The van der Waals surface area contributed by atoms with Crippen molar-refractivity contribution in [2.45, 2.75) is 32.7 Å². The van der Waals surface area contributed by atoms with Crippen LogP contribution in [0.1, 0.15) is 31.0 Å². The van der Waals surface area contributed by atoms with Crippen molar-refractivity contribution in [3.8, 4) is 5.69 Å². The van der Waals surface area contributed by atoms with Gasteiger partial charge in [0.25, 0.3) is 5.56 Å². The lowest BCUT2D eigenvalue weighted by Crippen LogP contribution is -2.37. The Labute approximate surface area is 145 Å². The Kier molecular flexibility index (Phi) is 5.02. The monoisotopic (exact) mass is 343 g/mol. The molecule has 0 saturated carbocycles. The molecular weight excluding hydrogens is 322 g/mol. The molecule has 0 fully saturated rings. The Balaban J connectivity index is 1.71. The molecule has 7 heteroatoms. The lowest BCUT2D eigenvalue weighted by atomic mass is 10.1. The number of aromatic nitrogens is 2. The second-order valence-electron chi connectivity index (χ2n) is 5.92. The Bertz CT molecular complexity index is 823. The van der Waals surface area contributed by atoms with E-state index in [1.807, 2.05) is 30.3 Å². The normalized spacial score (nSPS) is 13.4. The molecule has 7 nitrogen and oxygen atoms in total. The highest BCUT2D eigenvalue weighted by atomic mass is 16.5. The highest BCUT2D eigenvalue weighted by Gasteiger charge is 2.26. The number of benzene rings is 1. The van der Waals surface area contributed by atoms with Gasteiger partial charge in [-0.25, -0.2) is 4.68 Å². The number of nitrogens with zero attached hydrogens (tertiary/aromatic N) is 2. The van der Waals surface area contributed by atoms with Gasteiger partial charge in [-0.2, -0.15) is 0 Å². The quantitative estimate of drug-likeness (QED) is 0.832. The predicted molar refractivity (Wildman–Crippen MR) is 91.4 cm³/mol. The van der Waals surface area contributed by atoms with Crippen molar-refractivity contribution in [2.75, 3.05) is 13.2 Å². The number of ether oxygens (including phenoxy) is 1. The van der Waals surface area contributed by atoms with Gasteiger partial charge in [0, 0.05) is 25.1 Å². The van der Waals surface area contributed by atoms with Gasteiger partial charge in [0.15, 0.2) is 0 Å². The molecule has 1 aliphatic rings. The summed E-state index contributed by atoms with van der Waals surface area (Å²) >= 11 is 0. The number of hydrogen-bond acceptors (Lipinski definition) is 4. The van der Waals surface area contributed by atoms with Crippen molar-refractivity contribution in [3.05, 3.63) is 51.9 Å². The molecule has 1 N–H and O–H groups in total. The number of amides is 1. The van der Waals surface area contributed by atoms with Crippen molar-refractivity contribution in [1.29, 1.82) is 0 Å². The Morgan fingerprint density at radius 1 is 1.20 bits per heavy atom. The third-order valence-electron chi connectivity index (χ3n) is 4.27. The van der Waals surface area contributed by atoms with Gasteiger partial charge in [0.2, 0.25) is 5.91 Å². The highest BCUT2D eigenvalue weighted by molar-refractivity contribution is 5.81. The Hall–Kier alpha value is -2.83. The molecule has 0 bridgehead atoms. The number of esters is 1. The van der Waals surface area contributed by atoms with Crippen LogP contribution in [-0.4, -0.2) is 39.7 Å². The largest absolute Gasteiger partial charge is 0.466 e. The lowest BCUT2D eigenvalue weighted by molar-refractivity contribution is -0.145. The topological polar surface area (TPSA) is 84.4 Å². The molecule has 0 aliphatic carbocycles. The summed E-state index contributed by atoms with van der Waals surface area (Å²) in [4.78, 5) is 38.0. The molecule has 0 spiro atoms. The van der Waals surface area contributed by atoms with E-state index in [0.717, 1.165) is 11.4 Å². The van der Waals surface area contributed by atoms with Crippen molar-refractivity contribution >= 4 is 11.9 Å². The molecule has 0 unspecified atom stereocenters. The number of hydrogen-bond donors (Lipinski definition) is 1. The van der Waals surface area contributed by atoms with E-state index < -0.39 is 0 Å². The SMILES string of the molecule is CCOC(=O)CCC(=O)N1CCc2[nH]n(-c3ccccc3)c(=O)c2C1. The zero-order valence-electron chi connectivity index (χ0n) is 14.2. The van der Waals surface area contributed by atoms with E-state index in [1.54, 1.807) is 11.8 Å². The fourth-order valence-electron chi connectivity index (χ4n) is 2.98. The zero-order valence-corrected chi connectivity index (χ0v) is 14.2. The molecular formula is C18H21N3O4. The van der Waals surface area contributed by atoms with Crippen LogP contribution in [0.25, 0.3) is 5.69 Å². The van der Waals surface area contributed by atoms with Gasteiger partial charge in [-0.05, 0) is 19.1 Å². The van der Waals surface area contributed by atoms with Crippen molar-refractivity contribution in [3.63, 3.8) is 0 Å². The second-order valence-corrected chi connectivity index (χ2v) is 5.92. The standard InChI is InChI=1S/C18H21N3O4/c1-2-25-17(23)9-8-16(22)20-11-10-15-14(12-20)18(24)21(19-15)13-6-4-3-5-7-13/h3-7,19H,2,8-12H2,1H3. The molecule has 1 aromatic carbocycles. The maximum Gasteiger partial charge on any atom is 0.306 e. The van der Waals surface area contributed by atoms with Gasteiger partial charge in [-0.15, -0.1) is 0 Å².